The lowest BCUT2D eigenvalue weighted by Gasteiger charge is -2.42. The summed E-state index contributed by atoms with van der Waals surface area (Å²) in [5, 5.41) is 11.4. The molecule has 3 aromatic rings. The highest BCUT2D eigenvalue weighted by Crippen LogP contribution is 2.52. The number of hydrogen-bond donors (Lipinski definition) is 0. The Morgan fingerprint density at radius 2 is 1.78 bits per heavy atom. The number of anilines is 1. The van der Waals surface area contributed by atoms with E-state index in [1.54, 1.807) is 27.4 Å². The molecule has 27 heavy (non-hydrogen) atoms. The van der Waals surface area contributed by atoms with Crippen LogP contribution in [0.25, 0.3) is 11.1 Å². The zero-order valence-electron chi connectivity index (χ0n) is 14.5. The highest BCUT2D eigenvalue weighted by molar-refractivity contribution is 7.80. The van der Waals surface area contributed by atoms with Gasteiger partial charge >= 0.3 is 0 Å². The standard InChI is InChI=1S/C19H14N2O3S3/c1-19(2)16-15(18(25)27-26-16)11-7-3-5-9-13(11)20(19)17(22)12-8-4-6-10-14(12)21(23)24/h3-10H,1-2H3. The van der Waals surface area contributed by atoms with Gasteiger partial charge in [-0.1, -0.05) is 63.2 Å². The van der Waals surface area contributed by atoms with Crippen LogP contribution in [0.15, 0.2) is 48.5 Å². The van der Waals surface area contributed by atoms with Crippen molar-refractivity contribution in [1.29, 1.82) is 0 Å². The lowest BCUT2D eigenvalue weighted by Crippen LogP contribution is -2.47. The van der Waals surface area contributed by atoms with Crippen molar-refractivity contribution in [2.24, 2.45) is 0 Å². The maximum absolute atomic E-state index is 13.5. The van der Waals surface area contributed by atoms with Gasteiger partial charge in [-0.15, -0.1) is 0 Å². The number of carbonyl (C=O) groups is 1. The fourth-order valence-corrected chi connectivity index (χ4v) is 6.76. The molecule has 5 nitrogen and oxygen atoms in total. The summed E-state index contributed by atoms with van der Waals surface area (Å²) in [4.78, 5) is 27.1. The Morgan fingerprint density at radius 3 is 2.52 bits per heavy atom. The zero-order valence-corrected chi connectivity index (χ0v) is 16.9. The van der Waals surface area contributed by atoms with E-state index < -0.39 is 16.4 Å². The van der Waals surface area contributed by atoms with Gasteiger partial charge < -0.3 is 0 Å². The van der Waals surface area contributed by atoms with E-state index in [9.17, 15) is 14.9 Å². The van der Waals surface area contributed by atoms with E-state index in [4.69, 9.17) is 12.2 Å². The average Bonchev–Trinajstić information content (AvgIpc) is 3.04. The van der Waals surface area contributed by atoms with Crippen LogP contribution < -0.4 is 4.90 Å². The number of fused-ring (bicyclic) bond motifs is 3. The van der Waals surface area contributed by atoms with E-state index in [1.807, 2.05) is 38.1 Å². The van der Waals surface area contributed by atoms with Gasteiger partial charge in [0.15, 0.2) is 0 Å². The van der Waals surface area contributed by atoms with E-state index >= 15 is 0 Å². The van der Waals surface area contributed by atoms with E-state index in [-0.39, 0.29) is 11.3 Å². The van der Waals surface area contributed by atoms with Crippen molar-refractivity contribution >= 4 is 50.2 Å². The Labute approximate surface area is 168 Å². The smallest absolute Gasteiger partial charge is 0.282 e. The number of amides is 1. The number of benzene rings is 2. The second kappa shape index (κ2) is 6.33. The molecule has 0 N–H and O–H groups in total. The van der Waals surface area contributed by atoms with Crippen LogP contribution in [0.4, 0.5) is 11.4 Å². The van der Waals surface area contributed by atoms with Gasteiger partial charge in [-0.3, -0.25) is 19.8 Å². The molecule has 0 fully saturated rings. The monoisotopic (exact) mass is 414 g/mol. The molecule has 1 amide bonds. The minimum atomic E-state index is -0.678. The van der Waals surface area contributed by atoms with Crippen molar-refractivity contribution in [2.75, 3.05) is 4.90 Å². The highest BCUT2D eigenvalue weighted by Gasteiger charge is 2.44. The van der Waals surface area contributed by atoms with Crippen LogP contribution in [0, 0.1) is 13.9 Å². The van der Waals surface area contributed by atoms with Crippen molar-refractivity contribution in [3.63, 3.8) is 0 Å². The molecule has 1 aliphatic rings. The Balaban J connectivity index is 1.98. The lowest BCUT2D eigenvalue weighted by molar-refractivity contribution is -0.385. The van der Waals surface area contributed by atoms with Gasteiger partial charge in [-0.05, 0) is 26.0 Å². The Morgan fingerprint density at radius 1 is 1.11 bits per heavy atom. The molecule has 1 aromatic heterocycles. The molecule has 2 aromatic carbocycles. The third kappa shape index (κ3) is 2.63. The number of rotatable bonds is 2. The Kier molecular flexibility index (Phi) is 4.21. The fraction of sp³-hybridized carbons (Fsp3) is 0.158. The van der Waals surface area contributed by atoms with Crippen LogP contribution in [-0.4, -0.2) is 10.8 Å². The maximum Gasteiger partial charge on any atom is 0.282 e. The minimum Gasteiger partial charge on any atom is -0.297 e. The van der Waals surface area contributed by atoms with E-state index in [0.29, 0.717) is 0 Å². The first-order chi connectivity index (χ1) is 12.8. The van der Waals surface area contributed by atoms with Gasteiger partial charge in [0.05, 0.1) is 21.0 Å². The van der Waals surface area contributed by atoms with Gasteiger partial charge in [0.1, 0.15) is 9.39 Å². The quantitative estimate of drug-likeness (QED) is 0.223. The van der Waals surface area contributed by atoms with Crippen molar-refractivity contribution in [1.82, 2.24) is 0 Å². The Bertz CT molecular complexity index is 1150. The molecule has 0 saturated carbocycles. The number of hydrogen-bond acceptors (Lipinski definition) is 6. The second-order valence-corrected chi connectivity index (χ2v) is 9.47. The molecule has 2 heterocycles. The summed E-state index contributed by atoms with van der Waals surface area (Å²) in [6.07, 6.45) is 0. The van der Waals surface area contributed by atoms with Crippen molar-refractivity contribution in [2.45, 2.75) is 19.4 Å². The first-order valence-corrected chi connectivity index (χ1v) is 10.7. The van der Waals surface area contributed by atoms with Crippen LogP contribution in [0.3, 0.4) is 0 Å². The number of carbonyl (C=O) groups excluding carboxylic acids is 1. The summed E-state index contributed by atoms with van der Waals surface area (Å²) in [7, 11) is 3.07. The zero-order chi connectivity index (χ0) is 19.3. The molecule has 0 saturated heterocycles. The second-order valence-electron chi connectivity index (χ2n) is 6.65. The molecule has 8 heteroatoms. The molecule has 4 rings (SSSR count). The van der Waals surface area contributed by atoms with Crippen LogP contribution >= 0.6 is 32.9 Å². The number of nitro groups is 1. The average molecular weight is 415 g/mol. The van der Waals surface area contributed by atoms with Crippen LogP contribution in [0.1, 0.15) is 29.1 Å². The van der Waals surface area contributed by atoms with E-state index in [0.717, 1.165) is 25.5 Å². The normalized spacial score (nSPS) is 14.4. The molecule has 136 valence electrons. The molecule has 0 atom stereocenters. The number of para-hydroxylation sites is 2. The predicted molar refractivity (Wildman–Crippen MR) is 111 cm³/mol. The maximum atomic E-state index is 13.5. The van der Waals surface area contributed by atoms with Gasteiger partial charge in [0.2, 0.25) is 0 Å². The summed E-state index contributed by atoms with van der Waals surface area (Å²) >= 11 is 5.54. The molecule has 0 radical (unpaired) electrons. The van der Waals surface area contributed by atoms with E-state index in [1.165, 1.54) is 22.5 Å². The van der Waals surface area contributed by atoms with Gasteiger partial charge in [-0.25, -0.2) is 0 Å². The molecule has 0 aliphatic carbocycles. The van der Waals surface area contributed by atoms with Crippen LogP contribution in [-0.2, 0) is 5.54 Å². The summed E-state index contributed by atoms with van der Waals surface area (Å²) in [6, 6.07) is 13.6. The first-order valence-electron chi connectivity index (χ1n) is 8.15. The topological polar surface area (TPSA) is 63.5 Å². The summed E-state index contributed by atoms with van der Waals surface area (Å²) < 4.78 is 0.799. The summed E-state index contributed by atoms with van der Waals surface area (Å²) in [5.74, 6) is -0.394. The minimum absolute atomic E-state index is 0.0765. The fourth-order valence-electron chi connectivity index (χ4n) is 3.48. The third-order valence-electron chi connectivity index (χ3n) is 4.70. The molecule has 1 aliphatic heterocycles. The Hall–Kier alpha value is -2.42. The van der Waals surface area contributed by atoms with Crippen LogP contribution in [0.2, 0.25) is 0 Å². The molecule has 0 bridgehead atoms. The molecule has 0 spiro atoms. The highest BCUT2D eigenvalue weighted by atomic mass is 32.9. The molecular weight excluding hydrogens is 400 g/mol. The van der Waals surface area contributed by atoms with E-state index in [2.05, 4.69) is 0 Å². The SMILES string of the molecule is CC1(C)c2ssc(=S)c2-c2ccccc2N1C(=O)c1ccccc1[N+](=O)[O-]. The van der Waals surface area contributed by atoms with Gasteiger partial charge in [0, 0.05) is 17.2 Å². The third-order valence-corrected chi connectivity index (χ3v) is 8.02. The van der Waals surface area contributed by atoms with Gasteiger partial charge in [-0.2, -0.15) is 0 Å². The number of nitro benzene ring substituents is 1. The number of nitrogens with zero attached hydrogens (tertiary/aromatic N) is 2. The van der Waals surface area contributed by atoms with Crippen molar-refractivity contribution in [3.8, 4) is 11.1 Å². The van der Waals surface area contributed by atoms with Gasteiger partial charge in [0.25, 0.3) is 11.6 Å². The van der Waals surface area contributed by atoms with Crippen molar-refractivity contribution < 1.29 is 9.72 Å². The predicted octanol–water partition coefficient (Wildman–Crippen LogP) is 6.01. The lowest BCUT2D eigenvalue weighted by atomic mass is 9.87. The first kappa shape index (κ1) is 18.0. The molecular formula is C19H14N2O3S3. The van der Waals surface area contributed by atoms with Crippen LogP contribution in [0.5, 0.6) is 0 Å². The summed E-state index contributed by atoms with van der Waals surface area (Å²) in [6.45, 7) is 3.90. The molecule has 0 unspecified atom stereocenters. The summed E-state index contributed by atoms with van der Waals surface area (Å²) in [5.41, 5.74) is 1.80. The van der Waals surface area contributed by atoms with Crippen molar-refractivity contribution in [3.05, 3.63) is 72.9 Å². The largest absolute Gasteiger partial charge is 0.297 e.